The van der Waals surface area contributed by atoms with Gasteiger partial charge in [0.1, 0.15) is 17.8 Å². The van der Waals surface area contributed by atoms with Crippen LogP contribution in [0.15, 0.2) is 78.2 Å². The minimum Gasteiger partial charge on any atom is -0.508 e. The molecule has 39 heavy (non-hydrogen) atoms. The molecule has 1 atom stereocenters. The van der Waals surface area contributed by atoms with Crippen LogP contribution in [0.5, 0.6) is 28.9 Å². The number of nitrogens with zero attached hydrogens (tertiary/aromatic N) is 5. The van der Waals surface area contributed by atoms with Crippen LogP contribution in [0, 0.1) is 0 Å². The monoisotopic (exact) mass is 523 g/mol. The lowest BCUT2D eigenvalue weighted by Gasteiger charge is -2.28. The second-order valence-electron chi connectivity index (χ2n) is 8.95. The van der Waals surface area contributed by atoms with Crippen molar-refractivity contribution in [3.8, 4) is 28.9 Å². The summed E-state index contributed by atoms with van der Waals surface area (Å²) in [4.78, 5) is 14.9. The molecule has 0 saturated carbocycles. The Hall–Kier alpha value is -5.12. The summed E-state index contributed by atoms with van der Waals surface area (Å²) in [5.74, 6) is 2.28. The van der Waals surface area contributed by atoms with Gasteiger partial charge in [-0.05, 0) is 36.2 Å². The van der Waals surface area contributed by atoms with Crippen molar-refractivity contribution in [3.63, 3.8) is 0 Å². The smallest absolute Gasteiger partial charge is 0.228 e. The lowest BCUT2D eigenvalue weighted by Crippen LogP contribution is -2.15. The van der Waals surface area contributed by atoms with Crippen LogP contribution >= 0.6 is 0 Å². The van der Waals surface area contributed by atoms with E-state index >= 15 is 0 Å². The van der Waals surface area contributed by atoms with Gasteiger partial charge >= 0.3 is 0 Å². The molecule has 1 unspecified atom stereocenters. The van der Waals surface area contributed by atoms with Crippen LogP contribution in [0.2, 0.25) is 0 Å². The fourth-order valence-electron chi connectivity index (χ4n) is 4.71. The van der Waals surface area contributed by atoms with E-state index in [2.05, 4.69) is 15.2 Å². The van der Waals surface area contributed by atoms with Crippen molar-refractivity contribution in [1.29, 1.82) is 0 Å². The Morgan fingerprint density at radius 3 is 2.64 bits per heavy atom. The number of hydrogen-bond donors (Lipinski definition) is 1. The number of oxime groups is 1. The van der Waals surface area contributed by atoms with Crippen molar-refractivity contribution >= 4 is 11.4 Å². The van der Waals surface area contributed by atoms with Crippen molar-refractivity contribution in [2.45, 2.75) is 19.4 Å². The van der Waals surface area contributed by atoms with Gasteiger partial charge in [0, 0.05) is 17.5 Å². The maximum absolute atomic E-state index is 10.1. The second-order valence-corrected chi connectivity index (χ2v) is 8.95. The highest BCUT2D eigenvalue weighted by Gasteiger charge is 2.34. The Kier molecular flexibility index (Phi) is 6.20. The van der Waals surface area contributed by atoms with Crippen LogP contribution in [0.3, 0.4) is 0 Å². The predicted molar refractivity (Wildman–Crippen MR) is 143 cm³/mol. The molecule has 1 N–H and O–H groups in total. The molecule has 0 saturated heterocycles. The summed E-state index contributed by atoms with van der Waals surface area (Å²) >= 11 is 0. The van der Waals surface area contributed by atoms with Gasteiger partial charge in [0.15, 0.2) is 29.6 Å². The first-order valence-corrected chi connectivity index (χ1v) is 12.2. The van der Waals surface area contributed by atoms with Gasteiger partial charge < -0.3 is 24.2 Å². The summed E-state index contributed by atoms with van der Waals surface area (Å²) in [6.45, 7) is 1.96. The number of phenols is 1. The summed E-state index contributed by atoms with van der Waals surface area (Å²) in [6, 6.07) is 20.6. The number of phenolic OH excluding ortho intramolecular Hbond substituents is 1. The third-order valence-corrected chi connectivity index (χ3v) is 6.56. The number of ether oxygens (including phenoxy) is 3. The highest BCUT2D eigenvalue weighted by Crippen LogP contribution is 2.49. The van der Waals surface area contributed by atoms with Gasteiger partial charge in [-0.15, -0.1) is 5.10 Å². The van der Waals surface area contributed by atoms with Crippen LogP contribution in [0.4, 0.5) is 0 Å². The van der Waals surface area contributed by atoms with E-state index in [4.69, 9.17) is 24.0 Å². The molecule has 0 aliphatic carbocycles. The molecule has 2 aromatic heterocycles. The third kappa shape index (κ3) is 4.46. The molecular weight excluding hydrogens is 498 g/mol. The maximum Gasteiger partial charge on any atom is 0.228 e. The van der Waals surface area contributed by atoms with E-state index in [9.17, 15) is 5.11 Å². The Morgan fingerprint density at radius 2 is 1.85 bits per heavy atom. The summed E-state index contributed by atoms with van der Waals surface area (Å²) < 4.78 is 18.8. The van der Waals surface area contributed by atoms with Gasteiger partial charge in [0.25, 0.3) is 0 Å². The zero-order chi connectivity index (χ0) is 26.9. The predicted octanol–water partition coefficient (Wildman–Crippen LogP) is 5.07. The zero-order valence-electron chi connectivity index (χ0n) is 21.5. The lowest BCUT2D eigenvalue weighted by molar-refractivity contribution is 0.125. The number of fused-ring (bicyclic) bond motifs is 4. The van der Waals surface area contributed by atoms with E-state index in [1.807, 2.05) is 61.5 Å². The molecule has 0 fully saturated rings. The number of hydrogen-bond acceptors (Lipinski definition) is 9. The Balaban J connectivity index is 1.41. The fourth-order valence-corrected chi connectivity index (χ4v) is 4.71. The maximum atomic E-state index is 10.1. The standard InChI is InChI=1S/C29H25N5O5/c1-17(18-7-5-4-6-8-18)33-38-15-25-31-28-27-26(19-9-12-22(36-2)24(13-19)37-3)21-11-10-20(35)14-23(21)39-29(27)30-16-34(28)32-25/h4-14,16,26,35H,15H2,1-3H3. The molecule has 10 heteroatoms. The number of aromatic hydroxyl groups is 1. The van der Waals surface area contributed by atoms with Crippen molar-refractivity contribution in [3.05, 3.63) is 101 Å². The van der Waals surface area contributed by atoms with Crippen LogP contribution in [-0.2, 0) is 11.4 Å². The van der Waals surface area contributed by atoms with Crippen LogP contribution in [0.1, 0.15) is 40.9 Å². The van der Waals surface area contributed by atoms with Crippen molar-refractivity contribution in [2.24, 2.45) is 5.16 Å². The van der Waals surface area contributed by atoms with E-state index < -0.39 is 0 Å². The summed E-state index contributed by atoms with van der Waals surface area (Å²) in [5, 5.41) is 18.9. The molecular formula is C29H25N5O5. The normalized spacial score (nSPS) is 14.3. The Morgan fingerprint density at radius 1 is 1.03 bits per heavy atom. The quantitative estimate of drug-likeness (QED) is 0.228. The molecule has 10 nitrogen and oxygen atoms in total. The molecule has 0 amide bonds. The molecule has 1 aliphatic rings. The second kappa shape index (κ2) is 9.97. The van der Waals surface area contributed by atoms with E-state index in [1.54, 1.807) is 37.2 Å². The van der Waals surface area contributed by atoms with E-state index in [1.165, 1.54) is 0 Å². The minimum atomic E-state index is -0.336. The average molecular weight is 524 g/mol. The third-order valence-electron chi connectivity index (χ3n) is 6.56. The molecule has 0 spiro atoms. The van der Waals surface area contributed by atoms with Crippen molar-refractivity contribution in [2.75, 3.05) is 14.2 Å². The summed E-state index contributed by atoms with van der Waals surface area (Å²) in [7, 11) is 3.19. The highest BCUT2D eigenvalue weighted by atomic mass is 16.6. The van der Waals surface area contributed by atoms with Crippen molar-refractivity contribution < 1.29 is 24.2 Å². The number of benzene rings is 3. The van der Waals surface area contributed by atoms with Crippen LogP contribution in [-0.4, -0.2) is 44.6 Å². The topological polar surface area (TPSA) is 113 Å². The first kappa shape index (κ1) is 24.2. The van der Waals surface area contributed by atoms with Gasteiger partial charge in [0.05, 0.1) is 25.5 Å². The molecule has 3 aromatic carbocycles. The van der Waals surface area contributed by atoms with E-state index in [0.29, 0.717) is 34.6 Å². The number of aromatic nitrogens is 4. The van der Waals surface area contributed by atoms with Gasteiger partial charge in [0.2, 0.25) is 5.88 Å². The summed E-state index contributed by atoms with van der Waals surface area (Å²) in [5.41, 5.74) is 4.76. The first-order valence-electron chi connectivity index (χ1n) is 12.2. The van der Waals surface area contributed by atoms with Crippen LogP contribution in [0.25, 0.3) is 5.65 Å². The zero-order valence-corrected chi connectivity index (χ0v) is 21.5. The SMILES string of the molecule is COc1ccc(C2c3ccc(O)cc3Oc3ncn4nc(CON=C(C)c5ccccc5)nc4c32)cc1OC. The number of rotatable bonds is 7. The van der Waals surface area contributed by atoms with Gasteiger partial charge in [-0.2, -0.15) is 0 Å². The molecule has 3 heterocycles. The Labute approximate surface area is 224 Å². The molecule has 6 rings (SSSR count). The first-order chi connectivity index (χ1) is 19.1. The molecule has 196 valence electrons. The van der Waals surface area contributed by atoms with Gasteiger partial charge in [-0.25, -0.2) is 14.5 Å². The van der Waals surface area contributed by atoms with Gasteiger partial charge in [-0.3, -0.25) is 0 Å². The molecule has 0 radical (unpaired) electrons. The van der Waals surface area contributed by atoms with E-state index in [-0.39, 0.29) is 18.3 Å². The molecule has 1 aliphatic heterocycles. The molecule has 0 bridgehead atoms. The molecule has 5 aromatic rings. The number of methoxy groups -OCH3 is 2. The fraction of sp³-hybridized carbons (Fsp3) is 0.172. The van der Waals surface area contributed by atoms with Crippen LogP contribution < -0.4 is 14.2 Å². The minimum absolute atomic E-state index is 0.0764. The lowest BCUT2D eigenvalue weighted by atomic mass is 9.83. The van der Waals surface area contributed by atoms with Gasteiger partial charge in [-0.1, -0.05) is 47.6 Å². The Bertz CT molecular complexity index is 1700. The highest BCUT2D eigenvalue weighted by molar-refractivity contribution is 5.98. The van der Waals surface area contributed by atoms with Crippen molar-refractivity contribution in [1.82, 2.24) is 19.6 Å². The largest absolute Gasteiger partial charge is 0.508 e. The van der Waals surface area contributed by atoms with E-state index in [0.717, 1.165) is 28.0 Å². The summed E-state index contributed by atoms with van der Waals surface area (Å²) in [6.07, 6.45) is 1.54. The average Bonchev–Trinajstić information content (AvgIpc) is 3.39.